The van der Waals surface area contributed by atoms with Gasteiger partial charge in [-0.1, -0.05) is 0 Å². The molecule has 0 spiro atoms. The Morgan fingerprint density at radius 3 is 2.47 bits per heavy atom. The number of carbonyl (C=O) groups is 1. The van der Waals surface area contributed by atoms with Crippen molar-refractivity contribution in [3.63, 3.8) is 0 Å². The third-order valence-corrected chi connectivity index (χ3v) is 9.68. The smallest absolute Gasteiger partial charge is 0.420 e. The fraction of sp³-hybridized carbons (Fsp3) is 0.333. The van der Waals surface area contributed by atoms with Crippen LogP contribution in [0.4, 0.5) is 35.2 Å². The number of hydrogen-bond donors (Lipinski definition) is 3. The largest absolute Gasteiger partial charge is 0.497 e. The van der Waals surface area contributed by atoms with Gasteiger partial charge in [0, 0.05) is 67.1 Å². The summed E-state index contributed by atoms with van der Waals surface area (Å²) in [7, 11) is 5.17. The molecule has 6 aromatic rings. The van der Waals surface area contributed by atoms with Crippen LogP contribution < -0.4 is 30.2 Å². The number of benzene rings is 2. The molecule has 7 rings (SSSR count). The molecule has 55 heavy (non-hydrogen) atoms. The molecular formula is C39H42F3N9O4. The Hall–Kier alpha value is -6.03. The van der Waals surface area contributed by atoms with E-state index < -0.39 is 17.8 Å². The van der Waals surface area contributed by atoms with Gasteiger partial charge in [0.1, 0.15) is 41.1 Å². The summed E-state index contributed by atoms with van der Waals surface area (Å²) in [6, 6.07) is 12.0. The van der Waals surface area contributed by atoms with Crippen molar-refractivity contribution >= 4 is 39.9 Å². The summed E-state index contributed by atoms with van der Waals surface area (Å²) >= 11 is 0. The minimum atomic E-state index is -4.69. The highest BCUT2D eigenvalue weighted by molar-refractivity contribution is 6.04. The van der Waals surface area contributed by atoms with Gasteiger partial charge in [0.15, 0.2) is 5.65 Å². The summed E-state index contributed by atoms with van der Waals surface area (Å²) in [5.41, 5.74) is 2.96. The fourth-order valence-electron chi connectivity index (χ4n) is 6.81. The molecule has 1 aliphatic heterocycles. The number of fused-ring (bicyclic) bond motifs is 2. The van der Waals surface area contributed by atoms with Crippen LogP contribution in [-0.2, 0) is 12.7 Å². The lowest BCUT2D eigenvalue weighted by Crippen LogP contribution is -2.36. The van der Waals surface area contributed by atoms with Gasteiger partial charge in [0.2, 0.25) is 0 Å². The van der Waals surface area contributed by atoms with Crippen molar-refractivity contribution in [2.45, 2.75) is 51.6 Å². The summed E-state index contributed by atoms with van der Waals surface area (Å²) in [5, 5.41) is 9.54. The number of likely N-dealkylation sites (tertiary alicyclic amines) is 1. The molecule has 13 nitrogen and oxygen atoms in total. The SMILES string of the molecule is COc1ccc(CNc2ncnc3c2c(-c2ccc(NC(=O)Nc4ccc(OC5CCN(C)CC5)c(C(F)(F)F)c4)c4nccn24)cn3C(C)C)c(OC)c1. The van der Waals surface area contributed by atoms with Crippen LogP contribution in [0.2, 0.25) is 0 Å². The number of pyridine rings is 1. The van der Waals surface area contributed by atoms with Gasteiger partial charge in [0.25, 0.3) is 0 Å². The lowest BCUT2D eigenvalue weighted by molar-refractivity contribution is -0.139. The molecule has 1 aliphatic rings. The first kappa shape index (κ1) is 37.3. The van der Waals surface area contributed by atoms with E-state index in [0.29, 0.717) is 48.0 Å². The molecule has 0 radical (unpaired) electrons. The number of methoxy groups -OCH3 is 2. The van der Waals surface area contributed by atoms with Crippen LogP contribution in [0.5, 0.6) is 17.2 Å². The predicted molar refractivity (Wildman–Crippen MR) is 204 cm³/mol. The molecule has 3 N–H and O–H groups in total. The molecule has 0 unspecified atom stereocenters. The zero-order valence-corrected chi connectivity index (χ0v) is 31.1. The van der Waals surface area contributed by atoms with E-state index in [0.717, 1.165) is 47.0 Å². The van der Waals surface area contributed by atoms with Crippen LogP contribution in [0.1, 0.15) is 43.9 Å². The molecule has 2 aromatic carbocycles. The fourth-order valence-corrected chi connectivity index (χ4v) is 6.81. The number of imidazole rings is 1. The van der Waals surface area contributed by atoms with Crippen molar-refractivity contribution in [2.75, 3.05) is 50.3 Å². The molecular weight excluding hydrogens is 715 g/mol. The summed E-state index contributed by atoms with van der Waals surface area (Å²) in [6.45, 7) is 6.01. The van der Waals surface area contributed by atoms with Crippen molar-refractivity contribution in [2.24, 2.45) is 0 Å². The number of piperidine rings is 1. The second-order valence-electron chi connectivity index (χ2n) is 13.7. The highest BCUT2D eigenvalue weighted by Gasteiger charge is 2.36. The molecule has 0 atom stereocenters. The van der Waals surface area contributed by atoms with E-state index in [2.05, 4.69) is 54.2 Å². The van der Waals surface area contributed by atoms with E-state index in [1.54, 1.807) is 32.7 Å². The Labute approximate surface area is 315 Å². The van der Waals surface area contributed by atoms with Gasteiger partial charge in [-0.15, -0.1) is 0 Å². The monoisotopic (exact) mass is 757 g/mol. The van der Waals surface area contributed by atoms with Gasteiger partial charge in [-0.05, 0) is 76.2 Å². The first-order valence-electron chi connectivity index (χ1n) is 17.8. The minimum Gasteiger partial charge on any atom is -0.497 e. The van der Waals surface area contributed by atoms with E-state index in [9.17, 15) is 18.0 Å². The summed E-state index contributed by atoms with van der Waals surface area (Å²) in [5.74, 6) is 1.69. The van der Waals surface area contributed by atoms with Crippen LogP contribution in [-0.4, -0.2) is 75.3 Å². The Morgan fingerprint density at radius 2 is 1.75 bits per heavy atom. The molecule has 5 heterocycles. The number of urea groups is 1. The molecule has 0 bridgehead atoms. The number of rotatable bonds is 11. The molecule has 288 valence electrons. The normalized spacial score (nSPS) is 14.1. The van der Waals surface area contributed by atoms with Gasteiger partial charge < -0.3 is 39.6 Å². The summed E-state index contributed by atoms with van der Waals surface area (Å²) < 4.78 is 63.1. The average molecular weight is 758 g/mol. The molecule has 0 aliphatic carbocycles. The van der Waals surface area contributed by atoms with E-state index in [-0.39, 0.29) is 23.6 Å². The number of carbonyl (C=O) groups excluding carboxylic acids is 1. The highest BCUT2D eigenvalue weighted by atomic mass is 19.4. The molecule has 0 saturated carbocycles. The first-order valence-corrected chi connectivity index (χ1v) is 17.8. The van der Waals surface area contributed by atoms with Gasteiger partial charge in [-0.3, -0.25) is 4.40 Å². The van der Waals surface area contributed by atoms with Crippen LogP contribution in [0.15, 0.2) is 73.4 Å². The summed E-state index contributed by atoms with van der Waals surface area (Å²) in [6.07, 6.45) is 3.15. The maximum Gasteiger partial charge on any atom is 0.420 e. The number of amides is 2. The Balaban J connectivity index is 1.16. The van der Waals surface area contributed by atoms with Crippen LogP contribution in [0, 0.1) is 0 Å². The van der Waals surface area contributed by atoms with Crippen molar-refractivity contribution < 1.29 is 32.2 Å². The first-order chi connectivity index (χ1) is 26.4. The van der Waals surface area contributed by atoms with Crippen LogP contribution in [0.25, 0.3) is 27.9 Å². The molecule has 1 fully saturated rings. The molecule has 1 saturated heterocycles. The lowest BCUT2D eigenvalue weighted by atomic mass is 10.1. The standard InChI is InChI=1S/C39H42F3N9O4/c1-23(2)51-21-28(34-35(45-22-46-37(34)51)44-20-24-6-8-27(53-4)19-33(24)54-5)31-10-9-30(36-43-14-17-50(31)36)48-38(52)47-25-7-11-32(29(18-25)39(40,41)42)55-26-12-15-49(3)16-13-26/h6-11,14,17-19,21-23,26H,12-13,15-16,20H2,1-5H3,(H,44,45,46)(H2,47,48,52). The Morgan fingerprint density at radius 1 is 0.945 bits per heavy atom. The number of nitrogens with one attached hydrogen (secondary N) is 3. The number of hydrogen-bond acceptors (Lipinski definition) is 9. The van der Waals surface area contributed by atoms with Crippen molar-refractivity contribution in [3.8, 4) is 28.5 Å². The van der Waals surface area contributed by atoms with Crippen molar-refractivity contribution in [1.29, 1.82) is 0 Å². The quantitative estimate of drug-likeness (QED) is 0.120. The van der Waals surface area contributed by atoms with Crippen LogP contribution in [0.3, 0.4) is 0 Å². The maximum atomic E-state index is 14.1. The highest BCUT2D eigenvalue weighted by Crippen LogP contribution is 2.40. The second kappa shape index (κ2) is 15.4. The average Bonchev–Trinajstić information content (AvgIpc) is 3.82. The second-order valence-corrected chi connectivity index (χ2v) is 13.7. The van der Waals surface area contributed by atoms with Gasteiger partial charge >= 0.3 is 12.2 Å². The number of aromatic nitrogens is 5. The van der Waals surface area contributed by atoms with Gasteiger partial charge in [-0.25, -0.2) is 19.7 Å². The predicted octanol–water partition coefficient (Wildman–Crippen LogP) is 8.09. The minimum absolute atomic E-state index is 0.0367. The van der Waals surface area contributed by atoms with Gasteiger partial charge in [-0.2, -0.15) is 13.2 Å². The number of halogens is 3. The Bertz CT molecular complexity index is 2330. The lowest BCUT2D eigenvalue weighted by Gasteiger charge is -2.30. The van der Waals surface area contributed by atoms with Gasteiger partial charge in [0.05, 0.1) is 36.6 Å². The molecule has 2 amide bonds. The third kappa shape index (κ3) is 7.80. The van der Waals surface area contributed by atoms with Crippen LogP contribution >= 0.6 is 0 Å². The van der Waals surface area contributed by atoms with E-state index >= 15 is 0 Å². The number of alkyl halides is 3. The zero-order chi connectivity index (χ0) is 38.9. The summed E-state index contributed by atoms with van der Waals surface area (Å²) in [4.78, 5) is 29.1. The van der Waals surface area contributed by atoms with Crippen molar-refractivity contribution in [3.05, 3.63) is 84.6 Å². The Kier molecular flexibility index (Phi) is 10.4. The third-order valence-electron chi connectivity index (χ3n) is 9.68. The zero-order valence-electron chi connectivity index (χ0n) is 31.1. The number of ether oxygens (including phenoxy) is 3. The maximum absolute atomic E-state index is 14.1. The van der Waals surface area contributed by atoms with E-state index in [1.165, 1.54) is 18.5 Å². The topological polar surface area (TPSA) is 132 Å². The molecule has 16 heteroatoms. The van der Waals surface area contributed by atoms with E-state index in [4.69, 9.17) is 14.2 Å². The number of anilines is 3. The number of nitrogens with zero attached hydrogens (tertiary/aromatic N) is 6. The van der Waals surface area contributed by atoms with E-state index in [1.807, 2.05) is 41.9 Å². The molecule has 4 aromatic heterocycles. The van der Waals surface area contributed by atoms with Crippen molar-refractivity contribution in [1.82, 2.24) is 28.8 Å².